The second-order valence-corrected chi connectivity index (χ2v) is 8.53. The molecule has 1 N–H and O–H groups in total. The van der Waals surface area contributed by atoms with Crippen molar-refractivity contribution in [1.82, 2.24) is 5.32 Å². The lowest BCUT2D eigenvalue weighted by atomic mass is 9.92. The van der Waals surface area contributed by atoms with Crippen LogP contribution >= 0.6 is 11.8 Å². The summed E-state index contributed by atoms with van der Waals surface area (Å²) in [6.45, 7) is 0. The summed E-state index contributed by atoms with van der Waals surface area (Å²) in [5, 5.41) is 3.33. The molecule has 1 atom stereocenters. The lowest BCUT2D eigenvalue weighted by molar-refractivity contribution is 0.363. The van der Waals surface area contributed by atoms with Crippen molar-refractivity contribution >= 4 is 21.6 Å². The summed E-state index contributed by atoms with van der Waals surface area (Å²) in [5.41, 5.74) is 0. The molecule has 0 aromatic rings. The Morgan fingerprint density at radius 2 is 2.00 bits per heavy atom. The average molecular weight is 279 g/mol. The van der Waals surface area contributed by atoms with Crippen LogP contribution in [0, 0.1) is 5.92 Å². The molecule has 102 valence electrons. The van der Waals surface area contributed by atoms with Gasteiger partial charge in [-0.15, -0.1) is 0 Å². The molecule has 1 aliphatic heterocycles. The fourth-order valence-corrected chi connectivity index (χ4v) is 4.25. The largest absolute Gasteiger partial charge is 0.317 e. The third kappa shape index (κ3) is 7.32. The Morgan fingerprint density at radius 1 is 1.35 bits per heavy atom. The Bertz CT molecular complexity index is 298. The van der Waals surface area contributed by atoms with Gasteiger partial charge < -0.3 is 5.32 Å². The van der Waals surface area contributed by atoms with Crippen LogP contribution in [0.4, 0.5) is 0 Å². The minimum atomic E-state index is -2.79. The summed E-state index contributed by atoms with van der Waals surface area (Å²) in [6, 6.07) is 0.491. The number of rotatable bonds is 7. The van der Waals surface area contributed by atoms with Gasteiger partial charge in [0.05, 0.1) is 0 Å². The Kier molecular flexibility index (Phi) is 6.89. The summed E-state index contributed by atoms with van der Waals surface area (Å²) in [6.07, 6.45) is 6.95. The molecule has 0 aromatic carbocycles. The van der Waals surface area contributed by atoms with Gasteiger partial charge in [-0.05, 0) is 56.6 Å². The van der Waals surface area contributed by atoms with E-state index in [-0.39, 0.29) is 0 Å². The summed E-state index contributed by atoms with van der Waals surface area (Å²) in [4.78, 5) is 0. The maximum absolute atomic E-state index is 11.1. The third-order valence-corrected chi connectivity index (χ3v) is 5.51. The van der Waals surface area contributed by atoms with Crippen molar-refractivity contribution in [3.63, 3.8) is 0 Å². The molecule has 3 nitrogen and oxygen atoms in total. The molecule has 1 saturated heterocycles. The Morgan fingerprint density at radius 3 is 2.53 bits per heavy atom. The molecular formula is C12H25NO2S2. The molecule has 0 spiro atoms. The van der Waals surface area contributed by atoms with Gasteiger partial charge in [0.25, 0.3) is 0 Å². The standard InChI is InChI=1S/C12H25NO2S2/c1-13-12(4-3-9-17(2,14)15)10-11-5-7-16-8-6-11/h11-13H,3-10H2,1-2H3. The monoisotopic (exact) mass is 279 g/mol. The van der Waals surface area contributed by atoms with E-state index in [1.807, 2.05) is 7.05 Å². The molecule has 1 fully saturated rings. The number of hydrogen-bond donors (Lipinski definition) is 1. The van der Waals surface area contributed by atoms with E-state index in [2.05, 4.69) is 17.1 Å². The minimum absolute atomic E-state index is 0.325. The summed E-state index contributed by atoms with van der Waals surface area (Å²) >= 11 is 2.05. The first-order chi connectivity index (χ1) is 8.01. The molecule has 1 rings (SSSR count). The smallest absolute Gasteiger partial charge is 0.147 e. The fourth-order valence-electron chi connectivity index (χ4n) is 2.36. The third-order valence-electron chi connectivity index (χ3n) is 3.43. The van der Waals surface area contributed by atoms with Crippen LogP contribution in [-0.4, -0.2) is 45.0 Å². The van der Waals surface area contributed by atoms with Crippen LogP contribution < -0.4 is 5.32 Å². The first kappa shape index (κ1) is 15.3. The van der Waals surface area contributed by atoms with Crippen LogP contribution in [0.5, 0.6) is 0 Å². The molecule has 17 heavy (non-hydrogen) atoms. The van der Waals surface area contributed by atoms with E-state index in [1.54, 1.807) is 0 Å². The zero-order chi connectivity index (χ0) is 12.7. The maximum atomic E-state index is 11.1. The predicted molar refractivity (Wildman–Crippen MR) is 76.5 cm³/mol. The molecule has 0 aromatic heterocycles. The number of nitrogens with one attached hydrogen (secondary N) is 1. The van der Waals surface area contributed by atoms with Crippen molar-refractivity contribution in [3.05, 3.63) is 0 Å². The van der Waals surface area contributed by atoms with Gasteiger partial charge in [-0.3, -0.25) is 0 Å². The maximum Gasteiger partial charge on any atom is 0.147 e. The van der Waals surface area contributed by atoms with Gasteiger partial charge in [0.2, 0.25) is 0 Å². The molecule has 0 aliphatic carbocycles. The van der Waals surface area contributed by atoms with Crippen LogP contribution in [0.2, 0.25) is 0 Å². The van der Waals surface area contributed by atoms with E-state index in [1.165, 1.54) is 37.0 Å². The SMILES string of the molecule is CNC(CCCS(C)(=O)=O)CC1CCSCC1. The van der Waals surface area contributed by atoms with Gasteiger partial charge >= 0.3 is 0 Å². The van der Waals surface area contributed by atoms with Gasteiger partial charge in [-0.25, -0.2) is 8.42 Å². The lowest BCUT2D eigenvalue weighted by Gasteiger charge is -2.26. The number of sulfone groups is 1. The molecular weight excluding hydrogens is 254 g/mol. The molecule has 0 amide bonds. The van der Waals surface area contributed by atoms with Crippen molar-refractivity contribution in [2.24, 2.45) is 5.92 Å². The van der Waals surface area contributed by atoms with Crippen molar-refractivity contribution in [1.29, 1.82) is 0 Å². The first-order valence-corrected chi connectivity index (χ1v) is 9.65. The van der Waals surface area contributed by atoms with Crippen LogP contribution in [0.1, 0.15) is 32.1 Å². The van der Waals surface area contributed by atoms with Gasteiger partial charge in [-0.2, -0.15) is 11.8 Å². The Balaban J connectivity index is 2.23. The van der Waals surface area contributed by atoms with E-state index in [0.717, 1.165) is 18.8 Å². The normalized spacial score (nSPS) is 20.4. The predicted octanol–water partition coefficient (Wildman–Crippen LogP) is 1.93. The van der Waals surface area contributed by atoms with Crippen LogP contribution in [0.3, 0.4) is 0 Å². The average Bonchev–Trinajstić information content (AvgIpc) is 2.27. The molecule has 0 radical (unpaired) electrons. The number of thioether (sulfide) groups is 1. The second-order valence-electron chi connectivity index (χ2n) is 5.05. The highest BCUT2D eigenvalue weighted by atomic mass is 32.2. The molecule has 1 aliphatic rings. The van der Waals surface area contributed by atoms with E-state index >= 15 is 0 Å². The molecule has 0 bridgehead atoms. The van der Waals surface area contributed by atoms with E-state index in [4.69, 9.17) is 0 Å². The van der Waals surface area contributed by atoms with E-state index < -0.39 is 9.84 Å². The minimum Gasteiger partial charge on any atom is -0.317 e. The summed E-state index contributed by atoms with van der Waals surface area (Å²) in [7, 11) is -0.803. The van der Waals surface area contributed by atoms with Crippen molar-refractivity contribution in [2.45, 2.75) is 38.1 Å². The molecule has 1 heterocycles. The first-order valence-electron chi connectivity index (χ1n) is 6.44. The van der Waals surface area contributed by atoms with Gasteiger partial charge in [-0.1, -0.05) is 0 Å². The summed E-state index contributed by atoms with van der Waals surface area (Å²) in [5.74, 6) is 3.76. The topological polar surface area (TPSA) is 46.2 Å². The highest BCUT2D eigenvalue weighted by Gasteiger charge is 2.18. The van der Waals surface area contributed by atoms with Gasteiger partial charge in [0, 0.05) is 18.1 Å². The molecule has 0 saturated carbocycles. The second kappa shape index (κ2) is 7.64. The quantitative estimate of drug-likeness (QED) is 0.773. The van der Waals surface area contributed by atoms with E-state index in [0.29, 0.717) is 11.8 Å². The van der Waals surface area contributed by atoms with Crippen LogP contribution in [0.15, 0.2) is 0 Å². The fraction of sp³-hybridized carbons (Fsp3) is 1.00. The van der Waals surface area contributed by atoms with Crippen molar-refractivity contribution in [3.8, 4) is 0 Å². The van der Waals surface area contributed by atoms with Crippen molar-refractivity contribution < 1.29 is 8.42 Å². The van der Waals surface area contributed by atoms with Crippen LogP contribution in [-0.2, 0) is 9.84 Å². The highest BCUT2D eigenvalue weighted by molar-refractivity contribution is 7.99. The lowest BCUT2D eigenvalue weighted by Crippen LogP contribution is -2.29. The summed E-state index contributed by atoms with van der Waals surface area (Å²) < 4.78 is 22.1. The molecule has 1 unspecified atom stereocenters. The highest BCUT2D eigenvalue weighted by Crippen LogP contribution is 2.27. The Hall–Kier alpha value is 0.260. The van der Waals surface area contributed by atoms with Crippen molar-refractivity contribution in [2.75, 3.05) is 30.6 Å². The van der Waals surface area contributed by atoms with Crippen LogP contribution in [0.25, 0.3) is 0 Å². The number of hydrogen-bond acceptors (Lipinski definition) is 4. The zero-order valence-corrected chi connectivity index (χ0v) is 12.6. The Labute approximate surface area is 110 Å². The van der Waals surface area contributed by atoms with E-state index in [9.17, 15) is 8.42 Å². The van der Waals surface area contributed by atoms with Gasteiger partial charge in [0.15, 0.2) is 0 Å². The zero-order valence-electron chi connectivity index (χ0n) is 10.9. The van der Waals surface area contributed by atoms with Gasteiger partial charge in [0.1, 0.15) is 9.84 Å². The molecule has 5 heteroatoms.